The van der Waals surface area contributed by atoms with E-state index in [0.29, 0.717) is 0 Å². The van der Waals surface area contributed by atoms with Crippen LogP contribution in [0.25, 0.3) is 0 Å². The number of hydrogen-bond acceptors (Lipinski definition) is 4. The lowest BCUT2D eigenvalue weighted by atomic mass is 10.3. The van der Waals surface area contributed by atoms with Crippen molar-refractivity contribution < 1.29 is 22.7 Å². The number of nitrogens with zero attached hydrogens (tertiary/aromatic N) is 1. The molecule has 1 radical (unpaired) electrons. The zero-order valence-electron chi connectivity index (χ0n) is 10.5. The number of aromatic hydroxyl groups is 1. The van der Waals surface area contributed by atoms with Crippen LogP contribution in [-0.4, -0.2) is 19.9 Å². The highest BCUT2D eigenvalue weighted by Gasteiger charge is 2.23. The van der Waals surface area contributed by atoms with E-state index in [2.05, 4.69) is 0 Å². The third-order valence-corrected chi connectivity index (χ3v) is 3.72. The zero-order valence-corrected chi connectivity index (χ0v) is 11.3. The van der Waals surface area contributed by atoms with E-state index in [1.807, 2.05) is 4.72 Å². The molecule has 0 aliphatic heterocycles. The van der Waals surface area contributed by atoms with Gasteiger partial charge in [0.1, 0.15) is 11.6 Å². The average molecular weight is 309 g/mol. The summed E-state index contributed by atoms with van der Waals surface area (Å²) in [7, 11) is -4.33. The Balaban J connectivity index is 2.34. The van der Waals surface area contributed by atoms with E-state index < -0.39 is 16.0 Å². The third kappa shape index (κ3) is 3.48. The van der Waals surface area contributed by atoms with E-state index in [1.54, 1.807) is 0 Å². The van der Waals surface area contributed by atoms with Gasteiger partial charge in [0.25, 0.3) is 0 Å². The van der Waals surface area contributed by atoms with Crippen LogP contribution >= 0.6 is 0 Å². The monoisotopic (exact) mass is 309 g/mol. The Morgan fingerprint density at radius 1 is 1.14 bits per heavy atom. The second-order valence-corrected chi connectivity index (χ2v) is 5.51. The number of anilines is 2. The number of rotatable bonds is 5. The highest BCUT2D eigenvalue weighted by Crippen LogP contribution is 2.22. The summed E-state index contributed by atoms with van der Waals surface area (Å²) in [6.45, 7) is 0. The van der Waals surface area contributed by atoms with Gasteiger partial charge in [0, 0.05) is 6.07 Å². The van der Waals surface area contributed by atoms with E-state index in [-0.39, 0.29) is 21.4 Å². The van der Waals surface area contributed by atoms with Crippen molar-refractivity contribution in [1.82, 2.24) is 0 Å². The van der Waals surface area contributed by atoms with Crippen LogP contribution in [0.1, 0.15) is 0 Å². The number of nitrogens with one attached hydrogen (secondary N) is 1. The highest BCUT2D eigenvalue weighted by atomic mass is 32.2. The van der Waals surface area contributed by atoms with Crippen LogP contribution in [0.15, 0.2) is 48.5 Å². The van der Waals surface area contributed by atoms with Crippen molar-refractivity contribution in [3.63, 3.8) is 0 Å². The number of phenols is 1. The number of phenolic OH excluding ortho intramolecular Hbond substituents is 1. The van der Waals surface area contributed by atoms with Crippen molar-refractivity contribution in [2.45, 2.75) is 0 Å². The molecule has 0 bridgehead atoms. The first-order chi connectivity index (χ1) is 9.92. The SMILES string of the molecule is O=[C]N(c1cccc(O)c1)S(=O)(=O)Nc1cccc(F)c1. The maximum atomic E-state index is 13.0. The van der Waals surface area contributed by atoms with Crippen LogP contribution in [0.5, 0.6) is 5.75 Å². The van der Waals surface area contributed by atoms with Gasteiger partial charge in [-0.3, -0.25) is 9.52 Å². The number of halogens is 1. The maximum Gasteiger partial charge on any atom is 0.333 e. The van der Waals surface area contributed by atoms with Crippen LogP contribution in [0, 0.1) is 5.82 Å². The fourth-order valence-corrected chi connectivity index (χ4v) is 2.61. The summed E-state index contributed by atoms with van der Waals surface area (Å²) in [5.74, 6) is -0.845. The molecule has 1 amide bonds. The van der Waals surface area contributed by atoms with Crippen molar-refractivity contribution in [2.24, 2.45) is 0 Å². The predicted octanol–water partition coefficient (Wildman–Crippen LogP) is 1.76. The topological polar surface area (TPSA) is 86.7 Å². The molecule has 0 aliphatic carbocycles. The minimum absolute atomic E-state index is 0.0459. The van der Waals surface area contributed by atoms with E-state index in [9.17, 15) is 22.7 Å². The normalized spacial score (nSPS) is 10.9. The van der Waals surface area contributed by atoms with Gasteiger partial charge in [0.15, 0.2) is 0 Å². The first-order valence-corrected chi connectivity index (χ1v) is 7.12. The second kappa shape index (κ2) is 5.80. The molecule has 0 spiro atoms. The Kier molecular flexibility index (Phi) is 4.08. The van der Waals surface area contributed by atoms with Gasteiger partial charge >= 0.3 is 16.6 Å². The number of amides is 1. The van der Waals surface area contributed by atoms with Crippen LogP contribution in [0.2, 0.25) is 0 Å². The largest absolute Gasteiger partial charge is 0.508 e. The molecule has 0 heterocycles. The Morgan fingerprint density at radius 2 is 1.86 bits per heavy atom. The van der Waals surface area contributed by atoms with Crippen LogP contribution in [0.3, 0.4) is 0 Å². The molecule has 0 fully saturated rings. The van der Waals surface area contributed by atoms with Crippen LogP contribution in [0.4, 0.5) is 15.8 Å². The summed E-state index contributed by atoms with van der Waals surface area (Å²) in [6.07, 6.45) is 1.25. The van der Waals surface area contributed by atoms with Gasteiger partial charge in [0.05, 0.1) is 11.4 Å². The molecule has 21 heavy (non-hydrogen) atoms. The second-order valence-electron chi connectivity index (χ2n) is 3.99. The molecule has 0 aliphatic rings. The highest BCUT2D eigenvalue weighted by molar-refractivity contribution is 7.94. The van der Waals surface area contributed by atoms with Gasteiger partial charge in [0.2, 0.25) is 0 Å². The average Bonchev–Trinajstić information content (AvgIpc) is 2.38. The first kappa shape index (κ1) is 14.8. The van der Waals surface area contributed by atoms with Gasteiger partial charge in [-0.05, 0) is 30.3 Å². The molecule has 2 aromatic carbocycles. The maximum absolute atomic E-state index is 13.0. The Bertz CT molecular complexity index is 764. The molecule has 6 nitrogen and oxygen atoms in total. The lowest BCUT2D eigenvalue weighted by Crippen LogP contribution is -2.34. The molecule has 0 unspecified atom stereocenters. The van der Waals surface area contributed by atoms with E-state index >= 15 is 0 Å². The van der Waals surface area contributed by atoms with Crippen LogP contribution in [-0.2, 0) is 15.0 Å². The first-order valence-electron chi connectivity index (χ1n) is 5.68. The van der Waals surface area contributed by atoms with Gasteiger partial charge in [-0.1, -0.05) is 12.1 Å². The van der Waals surface area contributed by atoms with E-state index in [4.69, 9.17) is 0 Å². The fourth-order valence-electron chi connectivity index (χ4n) is 1.61. The van der Waals surface area contributed by atoms with Crippen molar-refractivity contribution in [1.29, 1.82) is 0 Å². The summed E-state index contributed by atoms with van der Waals surface area (Å²) >= 11 is 0. The summed E-state index contributed by atoms with van der Waals surface area (Å²) < 4.78 is 39.6. The predicted molar refractivity (Wildman–Crippen MR) is 75.2 cm³/mol. The van der Waals surface area contributed by atoms with Crippen molar-refractivity contribution in [3.05, 3.63) is 54.3 Å². The van der Waals surface area contributed by atoms with E-state index in [0.717, 1.165) is 18.2 Å². The standard InChI is InChI=1S/C13H10FN2O4S/c14-10-3-1-4-11(7-10)15-21(19,20)16(9-17)12-5-2-6-13(18)8-12/h1-8,15,18H. The van der Waals surface area contributed by atoms with E-state index in [1.165, 1.54) is 36.7 Å². The minimum atomic E-state index is -4.33. The summed E-state index contributed by atoms with van der Waals surface area (Å²) in [6, 6.07) is 9.82. The van der Waals surface area contributed by atoms with Crippen molar-refractivity contribution in [3.8, 4) is 5.75 Å². The molecular weight excluding hydrogens is 299 g/mol. The lowest BCUT2D eigenvalue weighted by molar-refractivity contribution is 0.475. The van der Waals surface area contributed by atoms with Gasteiger partial charge in [-0.25, -0.2) is 4.39 Å². The summed E-state index contributed by atoms with van der Waals surface area (Å²) in [4.78, 5) is 10.9. The number of hydrogen-bond donors (Lipinski definition) is 2. The fraction of sp³-hybridized carbons (Fsp3) is 0. The molecule has 2 aromatic rings. The Hall–Kier alpha value is -2.61. The summed E-state index contributed by atoms with van der Waals surface area (Å²) in [5.41, 5.74) is -0.149. The van der Waals surface area contributed by atoms with Gasteiger partial charge < -0.3 is 5.11 Å². The molecule has 8 heteroatoms. The van der Waals surface area contributed by atoms with Crippen molar-refractivity contribution in [2.75, 3.05) is 9.03 Å². The molecule has 0 aromatic heterocycles. The van der Waals surface area contributed by atoms with Crippen LogP contribution < -0.4 is 9.03 Å². The summed E-state index contributed by atoms with van der Waals surface area (Å²) in [5, 5.41) is 9.33. The quantitative estimate of drug-likeness (QED) is 0.824. The van der Waals surface area contributed by atoms with Gasteiger partial charge in [-0.2, -0.15) is 12.7 Å². The zero-order chi connectivity index (χ0) is 15.5. The molecule has 0 saturated heterocycles. The number of carbonyl (C=O) groups excluding carboxylic acids is 1. The molecule has 0 atom stereocenters. The smallest absolute Gasteiger partial charge is 0.333 e. The Labute approximate surface area is 120 Å². The molecule has 0 saturated carbocycles. The third-order valence-electron chi connectivity index (χ3n) is 2.46. The Morgan fingerprint density at radius 3 is 2.48 bits per heavy atom. The van der Waals surface area contributed by atoms with Gasteiger partial charge in [-0.15, -0.1) is 0 Å². The molecule has 2 N–H and O–H groups in total. The lowest BCUT2D eigenvalue weighted by Gasteiger charge is -2.17. The molecular formula is C13H10FN2O4S. The number of benzene rings is 2. The van der Waals surface area contributed by atoms with Crippen molar-refractivity contribution >= 4 is 28.0 Å². The molecule has 2 rings (SSSR count). The minimum Gasteiger partial charge on any atom is -0.508 e. The molecule has 109 valence electrons.